The first kappa shape index (κ1) is 23.3. The molecule has 5 rings (SSSR count). The first-order valence-corrected chi connectivity index (χ1v) is 12.2. The van der Waals surface area contributed by atoms with E-state index in [4.69, 9.17) is 10.5 Å². The van der Waals surface area contributed by atoms with E-state index in [1.165, 1.54) is 28.1 Å². The monoisotopic (exact) mass is 506 g/mol. The average molecular weight is 507 g/mol. The maximum absolute atomic E-state index is 13.1. The smallest absolute Gasteiger partial charge is 0.416 e. The summed E-state index contributed by atoms with van der Waals surface area (Å²) in [6.45, 7) is -0.290. The summed E-state index contributed by atoms with van der Waals surface area (Å²) >= 11 is 0. The highest BCUT2D eigenvalue weighted by molar-refractivity contribution is 7.90. The van der Waals surface area contributed by atoms with Gasteiger partial charge in [0.05, 0.1) is 24.5 Å². The van der Waals surface area contributed by atoms with Crippen molar-refractivity contribution in [2.45, 2.75) is 37.4 Å². The minimum Gasteiger partial charge on any atom is -0.494 e. The van der Waals surface area contributed by atoms with Crippen molar-refractivity contribution in [2.75, 3.05) is 12.8 Å². The molecule has 0 atom stereocenters. The molecule has 1 saturated carbocycles. The molecule has 13 heteroatoms. The van der Waals surface area contributed by atoms with Gasteiger partial charge in [-0.2, -0.15) is 22.0 Å². The number of para-hydroxylation sites is 1. The molecule has 9 nitrogen and oxygen atoms in total. The Labute approximate surface area is 198 Å². The van der Waals surface area contributed by atoms with Gasteiger partial charge >= 0.3 is 6.18 Å². The molecule has 35 heavy (non-hydrogen) atoms. The molecule has 4 aromatic rings. The van der Waals surface area contributed by atoms with Gasteiger partial charge in [0.2, 0.25) is 16.0 Å². The number of ether oxygens (including phenoxy) is 1. The quantitative estimate of drug-likeness (QED) is 0.409. The lowest BCUT2D eigenvalue weighted by Crippen LogP contribution is -2.33. The molecule has 0 radical (unpaired) electrons. The van der Waals surface area contributed by atoms with Crippen molar-refractivity contribution in [1.82, 2.24) is 23.9 Å². The van der Waals surface area contributed by atoms with Crippen molar-refractivity contribution in [2.24, 2.45) is 0 Å². The van der Waals surface area contributed by atoms with Crippen LogP contribution in [-0.2, 0) is 29.3 Å². The number of alkyl halides is 3. The van der Waals surface area contributed by atoms with Crippen molar-refractivity contribution < 1.29 is 26.3 Å². The summed E-state index contributed by atoms with van der Waals surface area (Å²) in [7, 11) is -2.20. The van der Waals surface area contributed by atoms with Gasteiger partial charge in [-0.05, 0) is 42.7 Å². The highest BCUT2D eigenvalue weighted by Crippen LogP contribution is 2.34. The highest BCUT2D eigenvalue weighted by atomic mass is 32.2. The molecular formula is C22H21F3N6O3S. The van der Waals surface area contributed by atoms with Gasteiger partial charge < -0.3 is 10.5 Å². The van der Waals surface area contributed by atoms with E-state index in [1.807, 2.05) is 0 Å². The Bertz CT molecular complexity index is 1520. The normalized spacial score (nSPS) is 14.8. The number of halogens is 3. The molecule has 2 heterocycles. The lowest BCUT2D eigenvalue weighted by atomic mass is 10.1. The molecule has 0 unspecified atom stereocenters. The van der Waals surface area contributed by atoms with Crippen LogP contribution in [0.15, 0.2) is 42.5 Å². The van der Waals surface area contributed by atoms with Crippen molar-refractivity contribution >= 4 is 32.5 Å². The third kappa shape index (κ3) is 4.36. The van der Waals surface area contributed by atoms with E-state index in [2.05, 4.69) is 15.1 Å². The molecule has 0 saturated heterocycles. The fourth-order valence-electron chi connectivity index (χ4n) is 3.87. The third-order valence-electron chi connectivity index (χ3n) is 5.82. The van der Waals surface area contributed by atoms with Gasteiger partial charge in [-0.3, -0.25) is 0 Å². The zero-order valence-electron chi connectivity index (χ0n) is 18.5. The number of methoxy groups -OCH3 is 1. The predicted molar refractivity (Wildman–Crippen MR) is 122 cm³/mol. The average Bonchev–Trinajstić information content (AvgIpc) is 3.59. The number of anilines is 1. The molecule has 1 aliphatic rings. The second-order valence-electron chi connectivity index (χ2n) is 8.30. The Morgan fingerprint density at radius 3 is 2.46 bits per heavy atom. The minimum absolute atomic E-state index is 0.0510. The summed E-state index contributed by atoms with van der Waals surface area (Å²) in [5.74, 6) is 0.738. The van der Waals surface area contributed by atoms with E-state index in [0.29, 0.717) is 40.7 Å². The second-order valence-corrected chi connectivity index (χ2v) is 10.5. The van der Waals surface area contributed by atoms with Crippen LogP contribution in [0, 0.1) is 0 Å². The van der Waals surface area contributed by atoms with Crippen molar-refractivity contribution in [3.63, 3.8) is 0 Å². The number of nitrogens with two attached hydrogens (primary N) is 1. The SMILES string of the molecule is COc1cccc2c1nc(N)n1nc(CN(Cc3ccc(C(F)(F)F)cc3)S(=O)(=O)C3CC3)nc21. The number of nitrogen functional groups attached to an aromatic ring is 1. The van der Waals surface area contributed by atoms with Crippen molar-refractivity contribution in [3.05, 3.63) is 59.4 Å². The van der Waals surface area contributed by atoms with Gasteiger partial charge in [0, 0.05) is 11.9 Å². The van der Waals surface area contributed by atoms with Crippen LogP contribution >= 0.6 is 0 Å². The lowest BCUT2D eigenvalue weighted by Gasteiger charge is -2.21. The van der Waals surface area contributed by atoms with Crippen LogP contribution in [0.3, 0.4) is 0 Å². The van der Waals surface area contributed by atoms with Gasteiger partial charge in [-0.15, -0.1) is 5.10 Å². The molecule has 2 aromatic carbocycles. The van der Waals surface area contributed by atoms with Crippen molar-refractivity contribution in [3.8, 4) is 5.75 Å². The number of rotatable bonds is 7. The molecule has 1 fully saturated rings. The van der Waals surface area contributed by atoms with E-state index >= 15 is 0 Å². The molecular weight excluding hydrogens is 485 g/mol. The Hall–Kier alpha value is -3.45. The minimum atomic E-state index is -4.47. The number of nitrogens with zero attached hydrogens (tertiary/aromatic N) is 5. The Morgan fingerprint density at radius 1 is 1.11 bits per heavy atom. The zero-order valence-corrected chi connectivity index (χ0v) is 19.3. The van der Waals surface area contributed by atoms with Gasteiger partial charge in [-0.25, -0.2) is 18.4 Å². The van der Waals surface area contributed by atoms with Crippen LogP contribution in [-0.4, -0.2) is 44.7 Å². The number of sulfonamides is 1. The summed E-state index contributed by atoms with van der Waals surface area (Å²) in [5, 5.41) is 4.46. The summed E-state index contributed by atoms with van der Waals surface area (Å²) in [6, 6.07) is 9.70. The molecule has 0 aliphatic heterocycles. The van der Waals surface area contributed by atoms with Crippen LogP contribution in [0.5, 0.6) is 5.75 Å². The van der Waals surface area contributed by atoms with E-state index in [0.717, 1.165) is 12.1 Å². The summed E-state index contributed by atoms with van der Waals surface area (Å²) in [5.41, 5.74) is 6.58. The largest absolute Gasteiger partial charge is 0.494 e. The highest BCUT2D eigenvalue weighted by Gasteiger charge is 2.40. The number of hydrogen-bond acceptors (Lipinski definition) is 7. The van der Waals surface area contributed by atoms with Gasteiger partial charge in [0.25, 0.3) is 0 Å². The molecule has 0 bridgehead atoms. The third-order valence-corrected chi connectivity index (χ3v) is 8.11. The van der Waals surface area contributed by atoms with Crippen LogP contribution in [0.25, 0.3) is 16.6 Å². The number of fused-ring (bicyclic) bond motifs is 3. The summed E-state index contributed by atoms with van der Waals surface area (Å²) < 4.78 is 72.9. The Kier molecular flexibility index (Phi) is 5.55. The number of hydrogen-bond donors (Lipinski definition) is 1. The molecule has 2 aromatic heterocycles. The van der Waals surface area contributed by atoms with E-state index in [9.17, 15) is 21.6 Å². The molecule has 2 N–H and O–H groups in total. The lowest BCUT2D eigenvalue weighted by molar-refractivity contribution is -0.137. The maximum atomic E-state index is 13.1. The van der Waals surface area contributed by atoms with E-state index < -0.39 is 27.0 Å². The number of aromatic nitrogens is 4. The van der Waals surface area contributed by atoms with Crippen LogP contribution < -0.4 is 10.5 Å². The van der Waals surface area contributed by atoms with Crippen LogP contribution in [0.2, 0.25) is 0 Å². The van der Waals surface area contributed by atoms with E-state index in [-0.39, 0.29) is 24.9 Å². The first-order chi connectivity index (χ1) is 16.6. The maximum Gasteiger partial charge on any atom is 0.416 e. The van der Waals surface area contributed by atoms with Gasteiger partial charge in [0.1, 0.15) is 11.3 Å². The Morgan fingerprint density at radius 2 is 1.83 bits per heavy atom. The Balaban J connectivity index is 1.51. The van der Waals surface area contributed by atoms with E-state index in [1.54, 1.807) is 18.2 Å². The fraction of sp³-hybridized carbons (Fsp3) is 0.318. The molecule has 0 spiro atoms. The van der Waals surface area contributed by atoms with Gasteiger partial charge in [0.15, 0.2) is 11.5 Å². The first-order valence-electron chi connectivity index (χ1n) is 10.7. The number of benzene rings is 2. The molecule has 184 valence electrons. The summed E-state index contributed by atoms with van der Waals surface area (Å²) in [6.07, 6.45) is -3.41. The fourth-order valence-corrected chi connectivity index (χ4v) is 5.65. The van der Waals surface area contributed by atoms with Crippen LogP contribution in [0.4, 0.5) is 19.1 Å². The van der Waals surface area contributed by atoms with Crippen molar-refractivity contribution in [1.29, 1.82) is 0 Å². The zero-order chi connectivity index (χ0) is 25.0. The molecule has 1 aliphatic carbocycles. The molecule has 0 amide bonds. The summed E-state index contributed by atoms with van der Waals surface area (Å²) in [4.78, 5) is 8.86. The van der Waals surface area contributed by atoms with Crippen LogP contribution in [0.1, 0.15) is 29.8 Å². The predicted octanol–water partition coefficient (Wildman–Crippen LogP) is 3.38. The standard InChI is InChI=1S/C22H21F3N6O3S/c1-34-17-4-2-3-16-19(17)28-21(26)31-20(16)27-18(29-31)12-30(35(32,33)15-9-10-15)11-13-5-7-14(8-6-13)22(23,24)25/h2-8,15H,9-12H2,1H3,(H2,26,28). The van der Waals surface area contributed by atoms with Gasteiger partial charge in [-0.1, -0.05) is 18.2 Å². The topological polar surface area (TPSA) is 116 Å². The second kappa shape index (κ2) is 8.34.